The zero-order chi connectivity index (χ0) is 28.3. The lowest BCUT2D eigenvalue weighted by Gasteiger charge is -2.37. The molecule has 0 aromatic carbocycles. The molecular weight excluding hydrogens is 535 g/mol. The third kappa shape index (κ3) is 4.75. The summed E-state index contributed by atoms with van der Waals surface area (Å²) < 4.78 is 66.2. The molecule has 0 aliphatic carbocycles. The van der Waals surface area contributed by atoms with Crippen LogP contribution >= 0.6 is 0 Å². The lowest BCUT2D eigenvalue weighted by molar-refractivity contribution is -0.138. The maximum atomic E-state index is 13.4. The van der Waals surface area contributed by atoms with Crippen molar-refractivity contribution < 1.29 is 40.8 Å². The van der Waals surface area contributed by atoms with Crippen molar-refractivity contribution in [3.8, 4) is 0 Å². The Bertz CT molecular complexity index is 1280. The lowest BCUT2D eigenvalue weighted by Crippen LogP contribution is -2.62. The quantitative estimate of drug-likeness (QED) is 0.453. The number of halogens is 3. The predicted molar refractivity (Wildman–Crippen MR) is 125 cm³/mol. The van der Waals surface area contributed by atoms with Crippen LogP contribution in [-0.4, -0.2) is 108 Å². The molecule has 1 aromatic heterocycles. The Morgan fingerprint density at radius 1 is 1.05 bits per heavy atom. The van der Waals surface area contributed by atoms with Crippen LogP contribution in [0.4, 0.5) is 28.6 Å². The number of alkyl halides is 3. The molecule has 3 fully saturated rings. The molecule has 0 radical (unpaired) electrons. The number of piperazine rings is 1. The highest BCUT2D eigenvalue weighted by molar-refractivity contribution is 7.89. The SMILES string of the molecule is CN1C(=O)N(CC2(CS(=O)(=O)N3CCN(c4ccc(C(F)(F)F)cn4)CC3)NC(=O)NC2=O)C(=O)C1(C)C. The van der Waals surface area contributed by atoms with Crippen molar-refractivity contribution >= 4 is 39.7 Å². The molecule has 4 heterocycles. The molecule has 3 aliphatic heterocycles. The largest absolute Gasteiger partial charge is 0.417 e. The van der Waals surface area contributed by atoms with E-state index in [1.165, 1.54) is 27.0 Å². The maximum absolute atomic E-state index is 13.4. The van der Waals surface area contributed by atoms with E-state index in [-0.39, 0.29) is 32.0 Å². The number of sulfonamides is 1. The summed E-state index contributed by atoms with van der Waals surface area (Å²) in [5.41, 5.74) is -4.26. The number of likely N-dealkylation sites (N-methyl/N-ethyl adjacent to an activating group) is 1. The molecule has 0 spiro atoms. The van der Waals surface area contributed by atoms with Crippen molar-refractivity contribution in [1.82, 2.24) is 29.7 Å². The molecule has 2 N–H and O–H groups in total. The highest BCUT2D eigenvalue weighted by atomic mass is 32.2. The van der Waals surface area contributed by atoms with Crippen molar-refractivity contribution in [2.45, 2.75) is 31.1 Å². The van der Waals surface area contributed by atoms with Crippen LogP contribution in [0, 0.1) is 0 Å². The second-order valence-corrected chi connectivity index (χ2v) is 11.8. The minimum Gasteiger partial charge on any atom is -0.354 e. The summed E-state index contributed by atoms with van der Waals surface area (Å²) in [6.07, 6.45) is -3.84. The number of amides is 6. The average molecular weight is 562 g/mol. The van der Waals surface area contributed by atoms with E-state index in [9.17, 15) is 40.8 Å². The van der Waals surface area contributed by atoms with Crippen LogP contribution in [-0.2, 0) is 25.8 Å². The number of imide groups is 2. The van der Waals surface area contributed by atoms with Gasteiger partial charge in [-0.2, -0.15) is 17.5 Å². The number of nitrogens with one attached hydrogen (secondary N) is 2. The Morgan fingerprint density at radius 2 is 1.68 bits per heavy atom. The van der Waals surface area contributed by atoms with Crippen LogP contribution in [0.15, 0.2) is 18.3 Å². The van der Waals surface area contributed by atoms with E-state index < -0.39 is 69.0 Å². The van der Waals surface area contributed by atoms with Gasteiger partial charge in [-0.1, -0.05) is 0 Å². The smallest absolute Gasteiger partial charge is 0.354 e. The summed E-state index contributed by atoms with van der Waals surface area (Å²) in [4.78, 5) is 57.7. The summed E-state index contributed by atoms with van der Waals surface area (Å²) in [6, 6.07) is 0.373. The predicted octanol–water partition coefficient (Wildman–Crippen LogP) is -0.197. The number of nitrogens with zero attached hydrogens (tertiary/aromatic N) is 5. The normalized spacial score (nSPS) is 24.7. The van der Waals surface area contributed by atoms with Gasteiger partial charge >= 0.3 is 18.2 Å². The van der Waals surface area contributed by atoms with E-state index in [0.717, 1.165) is 20.2 Å². The molecule has 0 saturated carbocycles. The van der Waals surface area contributed by atoms with Crippen LogP contribution < -0.4 is 15.5 Å². The number of rotatable bonds is 6. The van der Waals surface area contributed by atoms with Crippen molar-refractivity contribution in [1.29, 1.82) is 0 Å². The Morgan fingerprint density at radius 3 is 2.13 bits per heavy atom. The fourth-order valence-corrected chi connectivity index (χ4v) is 6.34. The fraction of sp³-hybridized carbons (Fsp3) is 0.571. The number of aromatic nitrogens is 1. The molecule has 3 saturated heterocycles. The van der Waals surface area contributed by atoms with Gasteiger partial charge in [-0.25, -0.2) is 23.0 Å². The fourth-order valence-electron chi connectivity index (χ4n) is 4.52. The summed E-state index contributed by atoms with van der Waals surface area (Å²) in [7, 11) is -2.84. The zero-order valence-electron chi connectivity index (χ0n) is 20.7. The molecule has 4 rings (SSSR count). The molecule has 17 heteroatoms. The van der Waals surface area contributed by atoms with E-state index in [1.807, 2.05) is 5.32 Å². The number of pyridine rings is 1. The standard InChI is InChI=1S/C21H26F3N7O6S/c1-19(2)16(33)31(18(35)28(19)3)11-20(15(32)26-17(34)27-20)12-38(36,37)30-8-6-29(7-9-30)14-5-4-13(10-25-14)21(22,23)24/h4-5,10H,6-9,11-12H2,1-3H3,(H2,26,27,32,34). The van der Waals surface area contributed by atoms with Gasteiger partial charge in [0.2, 0.25) is 10.0 Å². The molecule has 1 atom stereocenters. The molecule has 13 nitrogen and oxygen atoms in total. The summed E-state index contributed by atoms with van der Waals surface area (Å²) in [5, 5.41) is 4.27. The third-order valence-electron chi connectivity index (χ3n) is 7.03. The third-order valence-corrected chi connectivity index (χ3v) is 9.04. The Hall–Kier alpha value is -3.47. The molecule has 38 heavy (non-hydrogen) atoms. The van der Waals surface area contributed by atoms with E-state index in [0.29, 0.717) is 6.20 Å². The molecular formula is C21H26F3N7O6S. The second-order valence-electron chi connectivity index (χ2n) is 9.83. The Labute approximate surface area is 216 Å². The molecule has 6 amide bonds. The van der Waals surface area contributed by atoms with E-state index in [4.69, 9.17) is 0 Å². The van der Waals surface area contributed by atoms with Gasteiger partial charge in [-0.3, -0.25) is 19.8 Å². The highest BCUT2D eigenvalue weighted by Gasteiger charge is 2.57. The van der Waals surface area contributed by atoms with Crippen LogP contribution in [0.1, 0.15) is 19.4 Å². The molecule has 208 valence electrons. The van der Waals surface area contributed by atoms with Gasteiger partial charge in [0, 0.05) is 39.4 Å². The van der Waals surface area contributed by atoms with Gasteiger partial charge in [-0.15, -0.1) is 0 Å². The van der Waals surface area contributed by atoms with Gasteiger partial charge in [-0.05, 0) is 26.0 Å². The Balaban J connectivity index is 1.49. The number of hydrogen-bond acceptors (Lipinski definition) is 8. The zero-order valence-corrected chi connectivity index (χ0v) is 21.5. The first-order chi connectivity index (χ1) is 17.5. The number of urea groups is 2. The van der Waals surface area contributed by atoms with Gasteiger partial charge in [0.1, 0.15) is 11.4 Å². The number of carbonyl (C=O) groups is 4. The van der Waals surface area contributed by atoms with Gasteiger partial charge in [0.25, 0.3) is 11.8 Å². The lowest BCUT2D eigenvalue weighted by atomic mass is 10.0. The first-order valence-electron chi connectivity index (χ1n) is 11.5. The van der Waals surface area contributed by atoms with Crippen LogP contribution in [0.25, 0.3) is 0 Å². The van der Waals surface area contributed by atoms with E-state index in [1.54, 1.807) is 4.90 Å². The highest BCUT2D eigenvalue weighted by Crippen LogP contribution is 2.31. The number of anilines is 1. The van der Waals surface area contributed by atoms with E-state index in [2.05, 4.69) is 10.3 Å². The first kappa shape index (κ1) is 27.6. The molecule has 1 unspecified atom stereocenters. The van der Waals surface area contributed by atoms with E-state index >= 15 is 0 Å². The summed E-state index contributed by atoms with van der Waals surface area (Å²) >= 11 is 0. The number of carbonyl (C=O) groups excluding carboxylic acids is 4. The molecule has 0 bridgehead atoms. The minimum absolute atomic E-state index is 0.0754. The van der Waals surface area contributed by atoms with Crippen molar-refractivity contribution in [3.63, 3.8) is 0 Å². The topological polar surface area (TPSA) is 152 Å². The maximum Gasteiger partial charge on any atom is 0.417 e. The van der Waals surface area contributed by atoms with Crippen LogP contribution in [0.3, 0.4) is 0 Å². The van der Waals surface area contributed by atoms with Crippen LogP contribution in [0.2, 0.25) is 0 Å². The minimum atomic E-state index is -4.54. The average Bonchev–Trinajstić information content (AvgIpc) is 3.18. The molecule has 1 aromatic rings. The summed E-state index contributed by atoms with van der Waals surface area (Å²) in [5.74, 6) is -2.33. The van der Waals surface area contributed by atoms with Crippen LogP contribution in [0.5, 0.6) is 0 Å². The number of hydrogen-bond donors (Lipinski definition) is 2. The monoisotopic (exact) mass is 561 g/mol. The molecule has 3 aliphatic rings. The van der Waals surface area contributed by atoms with Crippen molar-refractivity contribution in [2.75, 3.05) is 50.4 Å². The summed E-state index contributed by atoms with van der Waals surface area (Å²) in [6.45, 7) is 2.35. The van der Waals surface area contributed by atoms with Crippen molar-refractivity contribution in [2.24, 2.45) is 0 Å². The Kier molecular flexibility index (Phi) is 6.58. The second kappa shape index (κ2) is 9.07. The van der Waals surface area contributed by atoms with Gasteiger partial charge in [0.05, 0.1) is 17.9 Å². The van der Waals surface area contributed by atoms with Crippen molar-refractivity contribution in [3.05, 3.63) is 23.9 Å². The van der Waals surface area contributed by atoms with Gasteiger partial charge < -0.3 is 15.1 Å². The van der Waals surface area contributed by atoms with Gasteiger partial charge in [0.15, 0.2) is 5.54 Å². The first-order valence-corrected chi connectivity index (χ1v) is 13.1.